The van der Waals surface area contributed by atoms with Crippen molar-refractivity contribution in [2.75, 3.05) is 0 Å². The van der Waals surface area contributed by atoms with Gasteiger partial charge in [0.05, 0.1) is 10.6 Å². The van der Waals surface area contributed by atoms with Crippen molar-refractivity contribution < 1.29 is 9.09 Å². The summed E-state index contributed by atoms with van der Waals surface area (Å²) < 4.78 is 20.1. The first-order chi connectivity index (χ1) is 11.7. The van der Waals surface area contributed by atoms with Gasteiger partial charge in [0, 0.05) is 5.56 Å². The van der Waals surface area contributed by atoms with E-state index in [0.717, 1.165) is 5.56 Å². The van der Waals surface area contributed by atoms with Crippen LogP contribution < -0.4 is 10.6 Å². The summed E-state index contributed by atoms with van der Waals surface area (Å²) >= 11 is 0. The van der Waals surface area contributed by atoms with E-state index in [4.69, 9.17) is 4.52 Å². The summed E-state index contributed by atoms with van der Waals surface area (Å²) in [5.41, 5.74) is 0.909. The van der Waals surface area contributed by atoms with Crippen molar-refractivity contribution >= 4 is 23.7 Å². The number of benzene rings is 3. The predicted octanol–water partition coefficient (Wildman–Crippen LogP) is 4.99. The highest BCUT2D eigenvalue weighted by molar-refractivity contribution is 7.74. The van der Waals surface area contributed by atoms with Gasteiger partial charge in [-0.25, -0.2) is 0 Å². The molecule has 3 rings (SSSR count). The van der Waals surface area contributed by atoms with Crippen LogP contribution in [0.1, 0.15) is 12.5 Å². The second kappa shape index (κ2) is 7.33. The summed E-state index contributed by atoms with van der Waals surface area (Å²) in [6, 6.07) is 28.5. The zero-order valence-electron chi connectivity index (χ0n) is 13.5. The van der Waals surface area contributed by atoms with Gasteiger partial charge in [0.25, 0.3) is 0 Å². The quantitative estimate of drug-likeness (QED) is 0.485. The van der Waals surface area contributed by atoms with Gasteiger partial charge < -0.3 is 4.52 Å². The molecule has 2 nitrogen and oxygen atoms in total. The Hall–Kier alpha value is -2.57. The van der Waals surface area contributed by atoms with Crippen molar-refractivity contribution in [1.82, 2.24) is 0 Å². The minimum atomic E-state index is -3.23. The highest BCUT2D eigenvalue weighted by atomic mass is 31.2. The maximum absolute atomic E-state index is 13.9. The molecule has 0 saturated heterocycles. The molecule has 0 N–H and O–H groups in total. The average Bonchev–Trinajstić information content (AvgIpc) is 2.68. The molecule has 0 bridgehead atoms. The van der Waals surface area contributed by atoms with E-state index in [-0.39, 0.29) is 0 Å². The molecule has 0 atom stereocenters. The summed E-state index contributed by atoms with van der Waals surface area (Å²) in [7, 11) is -3.23. The van der Waals surface area contributed by atoms with E-state index in [1.807, 2.05) is 104 Å². The van der Waals surface area contributed by atoms with E-state index in [2.05, 4.69) is 0 Å². The van der Waals surface area contributed by atoms with E-state index in [1.54, 1.807) is 0 Å². The normalized spacial score (nSPS) is 12.0. The summed E-state index contributed by atoms with van der Waals surface area (Å²) in [5.74, 6) is 0.617. The molecule has 0 unspecified atom stereocenters. The van der Waals surface area contributed by atoms with Gasteiger partial charge in [0.15, 0.2) is 0 Å². The van der Waals surface area contributed by atoms with Crippen molar-refractivity contribution in [3.8, 4) is 0 Å². The van der Waals surface area contributed by atoms with Gasteiger partial charge in [-0.1, -0.05) is 66.7 Å². The fourth-order valence-electron chi connectivity index (χ4n) is 2.52. The molecule has 0 aliphatic heterocycles. The molecule has 0 radical (unpaired) electrons. The molecule has 24 heavy (non-hydrogen) atoms. The van der Waals surface area contributed by atoms with Crippen LogP contribution in [0, 0.1) is 0 Å². The third-order valence-electron chi connectivity index (χ3n) is 3.74. The molecule has 0 amide bonds. The smallest absolute Gasteiger partial charge is 0.306 e. The molecule has 0 aliphatic carbocycles. The second-order valence-electron chi connectivity index (χ2n) is 5.33. The van der Waals surface area contributed by atoms with Crippen molar-refractivity contribution in [3.05, 3.63) is 103 Å². The number of allylic oxidation sites excluding steroid dienone is 1. The first-order valence-electron chi connectivity index (χ1n) is 7.86. The minimum Gasteiger partial charge on any atom is -0.437 e. The Morgan fingerprint density at radius 2 is 1.17 bits per heavy atom. The molecule has 120 valence electrons. The molecule has 0 aromatic heterocycles. The van der Waals surface area contributed by atoms with Crippen LogP contribution in [-0.4, -0.2) is 0 Å². The summed E-state index contributed by atoms with van der Waals surface area (Å²) in [6.45, 7) is 1.89. The standard InChI is InChI=1S/C21H19O2P/c1-2-21(18-12-6-3-7-13-18)23-24(22,19-14-8-4-9-15-19)20-16-10-5-11-17-20/h2-17H,1H3/b21-2+. The lowest BCUT2D eigenvalue weighted by molar-refractivity contribution is 0.480. The molecular formula is C21H19O2P. The Morgan fingerprint density at radius 3 is 1.58 bits per heavy atom. The van der Waals surface area contributed by atoms with E-state index in [0.29, 0.717) is 16.4 Å². The van der Waals surface area contributed by atoms with Crippen molar-refractivity contribution in [1.29, 1.82) is 0 Å². The minimum absolute atomic E-state index is 0.617. The lowest BCUT2D eigenvalue weighted by Crippen LogP contribution is -2.17. The van der Waals surface area contributed by atoms with Gasteiger partial charge in [0.2, 0.25) is 0 Å². The van der Waals surface area contributed by atoms with E-state index >= 15 is 0 Å². The van der Waals surface area contributed by atoms with E-state index in [9.17, 15) is 4.57 Å². The fourth-order valence-corrected chi connectivity index (χ4v) is 4.64. The van der Waals surface area contributed by atoms with Gasteiger partial charge in [-0.2, -0.15) is 0 Å². The molecule has 0 heterocycles. The predicted molar refractivity (Wildman–Crippen MR) is 101 cm³/mol. The van der Waals surface area contributed by atoms with Gasteiger partial charge in [-0.05, 0) is 37.3 Å². The molecule has 0 saturated carbocycles. The van der Waals surface area contributed by atoms with Crippen LogP contribution in [0.3, 0.4) is 0 Å². The monoisotopic (exact) mass is 334 g/mol. The lowest BCUT2D eigenvalue weighted by Gasteiger charge is -2.22. The largest absolute Gasteiger partial charge is 0.437 e. The van der Waals surface area contributed by atoms with Crippen LogP contribution in [0.2, 0.25) is 0 Å². The molecule has 0 fully saturated rings. The molecule has 0 spiro atoms. The third kappa shape index (κ3) is 3.34. The Bertz CT molecular complexity index is 813. The first-order valence-corrected chi connectivity index (χ1v) is 9.49. The number of hydrogen-bond acceptors (Lipinski definition) is 2. The van der Waals surface area contributed by atoms with E-state index < -0.39 is 7.37 Å². The molecule has 3 aromatic rings. The van der Waals surface area contributed by atoms with Crippen LogP contribution >= 0.6 is 7.37 Å². The highest BCUT2D eigenvalue weighted by Crippen LogP contribution is 2.48. The number of hydrogen-bond donors (Lipinski definition) is 0. The second-order valence-corrected chi connectivity index (χ2v) is 7.65. The molecule has 3 heteroatoms. The van der Waals surface area contributed by atoms with E-state index in [1.165, 1.54) is 0 Å². The molecule has 3 aromatic carbocycles. The van der Waals surface area contributed by atoms with Gasteiger partial charge in [-0.3, -0.25) is 4.57 Å². The lowest BCUT2D eigenvalue weighted by atomic mass is 10.2. The SMILES string of the molecule is C/C=C(/OP(=O)(c1ccccc1)c1ccccc1)c1ccccc1. The fraction of sp³-hybridized carbons (Fsp3) is 0.0476. The van der Waals surface area contributed by atoms with Gasteiger partial charge >= 0.3 is 7.37 Å². The summed E-state index contributed by atoms with van der Waals surface area (Å²) in [4.78, 5) is 0. The van der Waals surface area contributed by atoms with Gasteiger partial charge in [0.1, 0.15) is 5.76 Å². The molecule has 0 aliphatic rings. The maximum atomic E-state index is 13.9. The van der Waals surface area contributed by atoms with Crippen LogP contribution in [0.4, 0.5) is 0 Å². The van der Waals surface area contributed by atoms with Crippen LogP contribution in [0.25, 0.3) is 5.76 Å². The van der Waals surface area contributed by atoms with Gasteiger partial charge in [-0.15, -0.1) is 0 Å². The van der Waals surface area contributed by atoms with Crippen LogP contribution in [0.5, 0.6) is 0 Å². The zero-order valence-corrected chi connectivity index (χ0v) is 14.4. The molecular weight excluding hydrogens is 315 g/mol. The Kier molecular flexibility index (Phi) is 4.98. The Morgan fingerprint density at radius 1 is 0.750 bits per heavy atom. The van der Waals surface area contributed by atoms with Crippen molar-refractivity contribution in [2.24, 2.45) is 0 Å². The first kappa shape index (κ1) is 16.3. The highest BCUT2D eigenvalue weighted by Gasteiger charge is 2.30. The van der Waals surface area contributed by atoms with Crippen molar-refractivity contribution in [2.45, 2.75) is 6.92 Å². The topological polar surface area (TPSA) is 26.3 Å². The van der Waals surface area contributed by atoms with Crippen molar-refractivity contribution in [3.63, 3.8) is 0 Å². The average molecular weight is 334 g/mol. The van der Waals surface area contributed by atoms with Crippen LogP contribution in [-0.2, 0) is 9.09 Å². The maximum Gasteiger partial charge on any atom is 0.306 e. The Balaban J connectivity index is 2.08. The summed E-state index contributed by atoms with van der Waals surface area (Å²) in [5, 5.41) is 1.37. The van der Waals surface area contributed by atoms with Crippen LogP contribution in [0.15, 0.2) is 97.1 Å². The number of rotatable bonds is 5. The summed E-state index contributed by atoms with van der Waals surface area (Å²) in [6.07, 6.45) is 1.86. The third-order valence-corrected chi connectivity index (χ3v) is 6.15. The zero-order chi connectivity index (χ0) is 16.8. The Labute approximate surface area is 142 Å².